The van der Waals surface area contributed by atoms with Gasteiger partial charge in [0.1, 0.15) is 17.3 Å². The van der Waals surface area contributed by atoms with E-state index in [1.54, 1.807) is 6.92 Å². The lowest BCUT2D eigenvalue weighted by molar-refractivity contribution is -0.117. The van der Waals surface area contributed by atoms with E-state index in [9.17, 15) is 14.7 Å². The van der Waals surface area contributed by atoms with Crippen LogP contribution in [0.4, 0.5) is 0 Å². The van der Waals surface area contributed by atoms with E-state index in [0.717, 1.165) is 6.07 Å². The molecule has 0 aliphatic rings. The Balaban J connectivity index is 2.87. The summed E-state index contributed by atoms with van der Waals surface area (Å²) in [5.74, 6) is -1.03. The highest BCUT2D eigenvalue weighted by Crippen LogP contribution is 2.23. The average Bonchev–Trinajstić information content (AvgIpc) is 2.17. The minimum Gasteiger partial charge on any atom is -0.508 e. The third kappa shape index (κ3) is 2.80. The number of phenolic OH excluding ortho intramolecular Hbond substituents is 2. The second kappa shape index (κ2) is 4.59. The molecule has 1 aromatic carbocycles. The number of carbonyl (C=O) groups is 2. The molecule has 0 aromatic heterocycles. The van der Waals surface area contributed by atoms with E-state index in [1.807, 2.05) is 0 Å². The molecule has 0 radical (unpaired) electrons. The van der Waals surface area contributed by atoms with Gasteiger partial charge in [-0.3, -0.25) is 9.59 Å². The topological polar surface area (TPSA) is 74.6 Å². The average molecular weight is 208 g/mol. The highest BCUT2D eigenvalue weighted by molar-refractivity contribution is 6.09. The number of Topliss-reactive ketones (excluding diaryl/α,β-unsaturated/α-hetero) is 2. The van der Waals surface area contributed by atoms with Gasteiger partial charge in [0, 0.05) is 12.5 Å². The molecule has 0 aliphatic carbocycles. The highest BCUT2D eigenvalue weighted by atomic mass is 16.3. The fourth-order valence-corrected chi connectivity index (χ4v) is 1.16. The van der Waals surface area contributed by atoms with E-state index in [4.69, 9.17) is 5.11 Å². The zero-order valence-electron chi connectivity index (χ0n) is 8.36. The Morgan fingerprint density at radius 3 is 2.47 bits per heavy atom. The van der Waals surface area contributed by atoms with Crippen LogP contribution in [0.15, 0.2) is 18.2 Å². The van der Waals surface area contributed by atoms with Gasteiger partial charge in [-0.1, -0.05) is 6.92 Å². The van der Waals surface area contributed by atoms with Crippen molar-refractivity contribution in [3.63, 3.8) is 0 Å². The van der Waals surface area contributed by atoms with Crippen molar-refractivity contribution in [3.8, 4) is 11.5 Å². The molecule has 0 amide bonds. The van der Waals surface area contributed by atoms with E-state index in [2.05, 4.69) is 0 Å². The summed E-state index contributed by atoms with van der Waals surface area (Å²) in [4.78, 5) is 22.5. The number of carbonyl (C=O) groups excluding carboxylic acids is 2. The van der Waals surface area contributed by atoms with Crippen molar-refractivity contribution in [2.45, 2.75) is 19.8 Å². The Kier molecular flexibility index (Phi) is 3.44. The third-order valence-electron chi connectivity index (χ3n) is 2.03. The minimum absolute atomic E-state index is 0.0644. The third-order valence-corrected chi connectivity index (χ3v) is 2.03. The normalized spacial score (nSPS) is 9.93. The van der Waals surface area contributed by atoms with Gasteiger partial charge in [0.2, 0.25) is 0 Å². The lowest BCUT2D eigenvalue weighted by atomic mass is 10.0. The Bertz CT molecular complexity index is 396. The molecule has 0 fully saturated rings. The van der Waals surface area contributed by atoms with Crippen LogP contribution in [0.1, 0.15) is 30.1 Å². The van der Waals surface area contributed by atoms with Crippen LogP contribution in [0.5, 0.6) is 11.5 Å². The smallest absolute Gasteiger partial charge is 0.173 e. The van der Waals surface area contributed by atoms with Crippen LogP contribution in [-0.4, -0.2) is 21.8 Å². The maximum absolute atomic E-state index is 11.5. The predicted octanol–water partition coefficient (Wildman–Crippen LogP) is 1.65. The summed E-state index contributed by atoms with van der Waals surface area (Å²) in [6, 6.07) is 3.67. The minimum atomic E-state index is -0.431. The van der Waals surface area contributed by atoms with Gasteiger partial charge in [0.15, 0.2) is 5.78 Å². The van der Waals surface area contributed by atoms with Gasteiger partial charge in [-0.2, -0.15) is 0 Å². The number of phenols is 2. The molecule has 4 heteroatoms. The summed E-state index contributed by atoms with van der Waals surface area (Å²) < 4.78 is 0. The number of rotatable bonds is 4. The Hall–Kier alpha value is -1.84. The Morgan fingerprint density at radius 2 is 1.93 bits per heavy atom. The molecule has 0 spiro atoms. The van der Waals surface area contributed by atoms with Gasteiger partial charge < -0.3 is 10.2 Å². The van der Waals surface area contributed by atoms with E-state index >= 15 is 0 Å². The largest absolute Gasteiger partial charge is 0.508 e. The number of hydrogen-bond acceptors (Lipinski definition) is 4. The standard InChI is InChI=1S/C11H12O4/c1-2-7(12)5-10(14)9-4-3-8(13)6-11(9)15/h3-4,6,13,15H,2,5H2,1H3. The molecule has 1 aromatic rings. The van der Waals surface area contributed by atoms with Gasteiger partial charge in [0.05, 0.1) is 12.0 Å². The molecule has 0 unspecified atom stereocenters. The summed E-state index contributed by atoms with van der Waals surface area (Å²) in [5.41, 5.74) is 0.0644. The molecule has 0 saturated heterocycles. The summed E-state index contributed by atoms with van der Waals surface area (Å²) in [6.45, 7) is 1.67. The van der Waals surface area contributed by atoms with Crippen LogP contribution in [0.25, 0.3) is 0 Å². The van der Waals surface area contributed by atoms with Crippen molar-refractivity contribution < 1.29 is 19.8 Å². The predicted molar refractivity (Wildman–Crippen MR) is 54.0 cm³/mol. The van der Waals surface area contributed by atoms with Gasteiger partial charge in [-0.15, -0.1) is 0 Å². The van der Waals surface area contributed by atoms with Crippen molar-refractivity contribution in [2.75, 3.05) is 0 Å². The second-order valence-corrected chi connectivity index (χ2v) is 3.19. The first kappa shape index (κ1) is 11.2. The van der Waals surface area contributed by atoms with E-state index in [0.29, 0.717) is 6.42 Å². The van der Waals surface area contributed by atoms with Crippen molar-refractivity contribution in [1.29, 1.82) is 0 Å². The first-order chi connectivity index (χ1) is 7.04. The number of aromatic hydroxyl groups is 2. The molecule has 15 heavy (non-hydrogen) atoms. The molecule has 0 aliphatic heterocycles. The molecule has 0 saturated carbocycles. The summed E-state index contributed by atoms with van der Waals surface area (Å²) in [6.07, 6.45) is 0.0828. The monoisotopic (exact) mass is 208 g/mol. The maximum Gasteiger partial charge on any atom is 0.173 e. The molecular weight excluding hydrogens is 196 g/mol. The molecule has 2 N–H and O–H groups in total. The second-order valence-electron chi connectivity index (χ2n) is 3.19. The zero-order valence-corrected chi connectivity index (χ0v) is 8.36. The summed E-state index contributed by atoms with van der Waals surface area (Å²) in [5, 5.41) is 18.4. The lowest BCUT2D eigenvalue weighted by Gasteiger charge is -2.02. The van der Waals surface area contributed by atoms with E-state index < -0.39 is 5.78 Å². The molecule has 4 nitrogen and oxygen atoms in total. The molecule has 80 valence electrons. The fourth-order valence-electron chi connectivity index (χ4n) is 1.16. The van der Waals surface area contributed by atoms with Crippen LogP contribution in [0.3, 0.4) is 0 Å². The van der Waals surface area contributed by atoms with Crippen LogP contribution in [0.2, 0.25) is 0 Å². The Morgan fingerprint density at radius 1 is 1.27 bits per heavy atom. The van der Waals surface area contributed by atoms with Crippen molar-refractivity contribution in [2.24, 2.45) is 0 Å². The summed E-state index contributed by atoms with van der Waals surface area (Å²) >= 11 is 0. The molecule has 1 rings (SSSR count). The lowest BCUT2D eigenvalue weighted by Crippen LogP contribution is -2.07. The van der Waals surface area contributed by atoms with Crippen LogP contribution < -0.4 is 0 Å². The van der Waals surface area contributed by atoms with Gasteiger partial charge in [0.25, 0.3) is 0 Å². The number of benzene rings is 1. The molecule has 0 atom stereocenters. The highest BCUT2D eigenvalue weighted by Gasteiger charge is 2.14. The SMILES string of the molecule is CCC(=O)CC(=O)c1ccc(O)cc1O. The summed E-state index contributed by atoms with van der Waals surface area (Å²) in [7, 11) is 0. The molecule has 0 heterocycles. The van der Waals surface area contributed by atoms with Gasteiger partial charge >= 0.3 is 0 Å². The van der Waals surface area contributed by atoms with Crippen LogP contribution in [-0.2, 0) is 4.79 Å². The molecule has 0 bridgehead atoms. The fraction of sp³-hybridized carbons (Fsp3) is 0.273. The molecular formula is C11H12O4. The zero-order chi connectivity index (χ0) is 11.4. The van der Waals surface area contributed by atoms with Crippen molar-refractivity contribution in [3.05, 3.63) is 23.8 Å². The van der Waals surface area contributed by atoms with Gasteiger partial charge in [-0.25, -0.2) is 0 Å². The number of ketones is 2. The number of hydrogen-bond donors (Lipinski definition) is 2. The van der Waals surface area contributed by atoms with Crippen molar-refractivity contribution >= 4 is 11.6 Å². The van der Waals surface area contributed by atoms with E-state index in [1.165, 1.54) is 12.1 Å². The Labute approximate surface area is 87.2 Å². The quantitative estimate of drug-likeness (QED) is 0.582. The van der Waals surface area contributed by atoms with Gasteiger partial charge in [-0.05, 0) is 12.1 Å². The maximum atomic E-state index is 11.5. The van der Waals surface area contributed by atoms with E-state index in [-0.39, 0.29) is 29.3 Å². The first-order valence-corrected chi connectivity index (χ1v) is 4.61. The van der Waals surface area contributed by atoms with Crippen LogP contribution in [0, 0.1) is 0 Å². The van der Waals surface area contributed by atoms with Crippen LogP contribution >= 0.6 is 0 Å². The first-order valence-electron chi connectivity index (χ1n) is 4.61. The van der Waals surface area contributed by atoms with Crippen molar-refractivity contribution in [1.82, 2.24) is 0 Å².